The van der Waals surface area contributed by atoms with Crippen LogP contribution >= 0.6 is 0 Å². The van der Waals surface area contributed by atoms with Crippen LogP contribution in [0.3, 0.4) is 0 Å². The van der Waals surface area contributed by atoms with E-state index in [2.05, 4.69) is 0 Å². The number of carbonyl (C=O) groups excluding carboxylic acids is 4. The Morgan fingerprint density at radius 2 is 1.37 bits per heavy atom. The molecule has 1 aromatic rings. The summed E-state index contributed by atoms with van der Waals surface area (Å²) >= 11 is 0. The van der Waals surface area contributed by atoms with Crippen LogP contribution in [0.15, 0.2) is 24.3 Å². The van der Waals surface area contributed by atoms with Gasteiger partial charge < -0.3 is 14.2 Å². The first-order valence-electron chi connectivity index (χ1n) is 9.44. The van der Waals surface area contributed by atoms with Gasteiger partial charge in [0.2, 0.25) is 0 Å². The number of hydrogen-bond acceptors (Lipinski definition) is 9. The van der Waals surface area contributed by atoms with Crippen LogP contribution in [-0.4, -0.2) is 48.4 Å². The minimum absolute atomic E-state index is 0.0479. The molecule has 1 aromatic carbocycles. The zero-order valence-corrected chi connectivity index (χ0v) is 17.3. The maximum atomic E-state index is 12.7. The minimum atomic E-state index is -1.70. The van der Waals surface area contributed by atoms with Gasteiger partial charge in [-0.3, -0.25) is 29.3 Å². The number of non-ortho nitro benzene ring substituents is 1. The number of nitro groups is 1. The van der Waals surface area contributed by atoms with E-state index < -0.39 is 46.4 Å². The lowest BCUT2D eigenvalue weighted by atomic mass is 9.74. The molecule has 10 heteroatoms. The van der Waals surface area contributed by atoms with Crippen molar-refractivity contribution in [1.82, 2.24) is 0 Å². The summed E-state index contributed by atoms with van der Waals surface area (Å²) in [7, 11) is 0. The number of hydrogen-bond donors (Lipinski definition) is 0. The van der Waals surface area contributed by atoms with Crippen molar-refractivity contribution in [2.45, 2.75) is 33.6 Å². The van der Waals surface area contributed by atoms with Gasteiger partial charge in [-0.25, -0.2) is 0 Å². The second kappa shape index (κ2) is 11.6. The summed E-state index contributed by atoms with van der Waals surface area (Å²) < 4.78 is 14.9. The van der Waals surface area contributed by atoms with Gasteiger partial charge in [0.25, 0.3) is 5.69 Å². The van der Waals surface area contributed by atoms with Crippen LogP contribution in [0.1, 0.15) is 39.2 Å². The minimum Gasteiger partial charge on any atom is -0.465 e. The summed E-state index contributed by atoms with van der Waals surface area (Å²) in [4.78, 5) is 60.9. The molecule has 0 radical (unpaired) electrons. The van der Waals surface area contributed by atoms with E-state index in [9.17, 15) is 29.3 Å². The molecule has 164 valence electrons. The second-order valence-electron chi connectivity index (χ2n) is 6.20. The molecule has 0 saturated carbocycles. The lowest BCUT2D eigenvalue weighted by Gasteiger charge is -2.29. The van der Waals surface area contributed by atoms with Crippen LogP contribution in [-0.2, 0) is 33.4 Å². The molecule has 0 aromatic heterocycles. The highest BCUT2D eigenvalue weighted by atomic mass is 16.6. The highest BCUT2D eigenvalue weighted by Gasteiger charge is 2.48. The number of rotatable bonds is 11. The molecule has 0 aliphatic rings. The number of carbonyl (C=O) groups is 4. The SMILES string of the molecule is CCOC(=O)C(C(C)=O)C(c1cccc([N+](=O)[O-])c1)C(C(=O)OCC)C(=O)OCC. The lowest BCUT2D eigenvalue weighted by Crippen LogP contribution is -2.42. The summed E-state index contributed by atoms with van der Waals surface area (Å²) in [6, 6.07) is 5.02. The number of nitro benzene ring substituents is 1. The van der Waals surface area contributed by atoms with Gasteiger partial charge in [0.1, 0.15) is 11.7 Å². The van der Waals surface area contributed by atoms with Gasteiger partial charge in [-0.1, -0.05) is 12.1 Å². The van der Waals surface area contributed by atoms with Crippen molar-refractivity contribution in [2.75, 3.05) is 19.8 Å². The molecule has 0 saturated heterocycles. The molecular formula is C20H25NO9. The molecule has 0 N–H and O–H groups in total. The van der Waals surface area contributed by atoms with Gasteiger partial charge >= 0.3 is 17.9 Å². The predicted octanol–water partition coefficient (Wildman–Crippen LogP) is 2.19. The molecule has 0 bridgehead atoms. The fourth-order valence-corrected chi connectivity index (χ4v) is 3.07. The van der Waals surface area contributed by atoms with Gasteiger partial charge in [-0.05, 0) is 33.3 Å². The molecule has 2 atom stereocenters. The smallest absolute Gasteiger partial charge is 0.320 e. The summed E-state index contributed by atoms with van der Waals surface area (Å²) in [6.07, 6.45) is 0. The van der Waals surface area contributed by atoms with Crippen LogP contribution < -0.4 is 0 Å². The molecular weight excluding hydrogens is 398 g/mol. The molecule has 10 nitrogen and oxygen atoms in total. The highest BCUT2D eigenvalue weighted by Crippen LogP contribution is 2.37. The van der Waals surface area contributed by atoms with Crippen LogP contribution in [0.5, 0.6) is 0 Å². The molecule has 2 unspecified atom stereocenters. The average molecular weight is 423 g/mol. The van der Waals surface area contributed by atoms with Gasteiger partial charge in [0, 0.05) is 18.1 Å². The first kappa shape index (κ1) is 24.7. The first-order valence-corrected chi connectivity index (χ1v) is 9.44. The maximum Gasteiger partial charge on any atom is 0.320 e. The van der Waals surface area contributed by atoms with Crippen molar-refractivity contribution in [3.63, 3.8) is 0 Å². The Kier molecular flexibility index (Phi) is 9.60. The van der Waals surface area contributed by atoms with Crippen LogP contribution in [0.4, 0.5) is 5.69 Å². The molecule has 30 heavy (non-hydrogen) atoms. The summed E-state index contributed by atoms with van der Waals surface area (Å²) in [6.45, 7) is 5.51. The quantitative estimate of drug-likeness (QED) is 0.172. The van der Waals surface area contributed by atoms with Gasteiger partial charge in [-0.2, -0.15) is 0 Å². The van der Waals surface area contributed by atoms with E-state index in [0.717, 1.165) is 13.0 Å². The third-order valence-corrected chi connectivity index (χ3v) is 4.24. The van der Waals surface area contributed by atoms with Gasteiger partial charge in [-0.15, -0.1) is 0 Å². The van der Waals surface area contributed by atoms with Gasteiger partial charge in [0.15, 0.2) is 5.92 Å². The Morgan fingerprint density at radius 1 is 0.900 bits per heavy atom. The normalized spacial score (nSPS) is 12.6. The molecule has 0 spiro atoms. The Balaban J connectivity index is 3.74. The second-order valence-corrected chi connectivity index (χ2v) is 6.20. The number of ether oxygens (including phenoxy) is 3. The molecule has 0 aliphatic heterocycles. The standard InChI is InChI=1S/C20H25NO9/c1-5-28-18(23)15(12(4)22)16(13-9-8-10-14(11-13)21(26)27)17(19(24)29-6-2)20(25)30-7-3/h8-11,15-17H,5-7H2,1-4H3. The number of esters is 3. The van der Waals surface area contributed by atoms with E-state index >= 15 is 0 Å². The van der Waals surface area contributed by atoms with E-state index in [1.807, 2.05) is 0 Å². The summed E-state index contributed by atoms with van der Waals surface area (Å²) in [5.74, 6) is -8.36. The molecule has 0 fully saturated rings. The fraction of sp³-hybridized carbons (Fsp3) is 0.500. The van der Waals surface area contributed by atoms with Crippen LogP contribution in [0, 0.1) is 22.0 Å². The van der Waals surface area contributed by atoms with E-state index in [0.29, 0.717) is 0 Å². The highest BCUT2D eigenvalue weighted by molar-refractivity contribution is 6.03. The Labute approximate surface area is 173 Å². The zero-order valence-electron chi connectivity index (χ0n) is 17.3. The Bertz CT molecular complexity index is 787. The van der Waals surface area contributed by atoms with E-state index in [4.69, 9.17) is 14.2 Å². The monoisotopic (exact) mass is 423 g/mol. The number of nitrogens with zero attached hydrogens (tertiary/aromatic N) is 1. The van der Waals surface area contributed by atoms with Crippen LogP contribution in [0.2, 0.25) is 0 Å². The molecule has 0 aliphatic carbocycles. The van der Waals surface area contributed by atoms with Crippen molar-refractivity contribution in [2.24, 2.45) is 11.8 Å². The number of ketones is 1. The van der Waals surface area contributed by atoms with E-state index in [-0.39, 0.29) is 31.1 Å². The van der Waals surface area contributed by atoms with Crippen molar-refractivity contribution < 1.29 is 38.3 Å². The number of Topliss-reactive ketones (excluding diaryl/α,β-unsaturated/α-hetero) is 1. The molecule has 1 rings (SSSR count). The van der Waals surface area contributed by atoms with Crippen LogP contribution in [0.25, 0.3) is 0 Å². The molecule has 0 heterocycles. The van der Waals surface area contributed by atoms with E-state index in [1.165, 1.54) is 39.0 Å². The van der Waals surface area contributed by atoms with Crippen molar-refractivity contribution in [1.29, 1.82) is 0 Å². The average Bonchev–Trinajstić information content (AvgIpc) is 2.67. The third-order valence-electron chi connectivity index (χ3n) is 4.24. The molecule has 0 amide bonds. The fourth-order valence-electron chi connectivity index (χ4n) is 3.07. The lowest BCUT2D eigenvalue weighted by molar-refractivity contribution is -0.385. The van der Waals surface area contributed by atoms with Crippen molar-refractivity contribution in [3.8, 4) is 0 Å². The van der Waals surface area contributed by atoms with Crippen molar-refractivity contribution in [3.05, 3.63) is 39.9 Å². The summed E-state index contributed by atoms with van der Waals surface area (Å²) in [5, 5.41) is 11.2. The topological polar surface area (TPSA) is 139 Å². The summed E-state index contributed by atoms with van der Waals surface area (Å²) in [5.41, 5.74) is -0.279. The Hall–Kier alpha value is -3.30. The van der Waals surface area contributed by atoms with E-state index in [1.54, 1.807) is 0 Å². The predicted molar refractivity (Wildman–Crippen MR) is 103 cm³/mol. The zero-order chi connectivity index (χ0) is 22.8. The first-order chi connectivity index (χ1) is 14.2. The van der Waals surface area contributed by atoms with Gasteiger partial charge in [0.05, 0.1) is 24.7 Å². The largest absolute Gasteiger partial charge is 0.465 e. The maximum absolute atomic E-state index is 12.7. The number of benzene rings is 1. The Morgan fingerprint density at radius 3 is 1.77 bits per heavy atom. The third kappa shape index (κ3) is 6.10. The van der Waals surface area contributed by atoms with Crippen molar-refractivity contribution >= 4 is 29.4 Å².